The van der Waals surface area contributed by atoms with Gasteiger partial charge in [0.2, 0.25) is 0 Å². The van der Waals surface area contributed by atoms with E-state index in [1.807, 2.05) is 0 Å². The van der Waals surface area contributed by atoms with Crippen LogP contribution in [0.3, 0.4) is 0 Å². The molecule has 0 unspecified atom stereocenters. The number of hydrogen-bond acceptors (Lipinski definition) is 4. The predicted molar refractivity (Wildman–Crippen MR) is 86.7 cm³/mol. The van der Waals surface area contributed by atoms with Crippen molar-refractivity contribution in [2.24, 2.45) is 0 Å². The summed E-state index contributed by atoms with van der Waals surface area (Å²) < 4.78 is 11.0. The molecule has 1 aliphatic heterocycles. The number of anilines is 1. The van der Waals surface area contributed by atoms with Crippen LogP contribution >= 0.6 is 0 Å². The van der Waals surface area contributed by atoms with E-state index in [4.69, 9.17) is 9.47 Å². The smallest absolute Gasteiger partial charge is 0.0678 e. The fourth-order valence-corrected chi connectivity index (χ4v) is 3.01. The van der Waals surface area contributed by atoms with Crippen LogP contribution in [0, 0.1) is 0 Å². The van der Waals surface area contributed by atoms with Gasteiger partial charge in [-0.05, 0) is 38.5 Å². The van der Waals surface area contributed by atoms with Gasteiger partial charge in [0.05, 0.1) is 18.8 Å². The first kappa shape index (κ1) is 16.3. The van der Waals surface area contributed by atoms with Gasteiger partial charge in [-0.15, -0.1) is 0 Å². The minimum Gasteiger partial charge on any atom is -0.383 e. The van der Waals surface area contributed by atoms with Crippen LogP contribution in [0.2, 0.25) is 0 Å². The Morgan fingerprint density at radius 2 is 2.05 bits per heavy atom. The SMILES string of the molecule is COC[C@H](C)Nc1cccc(CN2C[C@H](C)O[C@@H](C)C2)c1. The molecule has 1 N–H and O–H groups in total. The number of rotatable bonds is 6. The second kappa shape index (κ2) is 7.78. The third-order valence-corrected chi connectivity index (χ3v) is 3.66. The van der Waals surface area contributed by atoms with E-state index in [0.29, 0.717) is 24.9 Å². The van der Waals surface area contributed by atoms with Gasteiger partial charge in [0, 0.05) is 38.5 Å². The molecule has 4 nitrogen and oxygen atoms in total. The van der Waals surface area contributed by atoms with E-state index >= 15 is 0 Å². The summed E-state index contributed by atoms with van der Waals surface area (Å²) in [5.74, 6) is 0. The van der Waals surface area contributed by atoms with Crippen molar-refractivity contribution in [3.63, 3.8) is 0 Å². The van der Waals surface area contributed by atoms with Crippen LogP contribution in [0.25, 0.3) is 0 Å². The molecule has 118 valence electrons. The first-order valence-corrected chi connectivity index (χ1v) is 7.79. The van der Waals surface area contributed by atoms with Crippen LogP contribution in [-0.2, 0) is 16.0 Å². The average molecular weight is 292 g/mol. The van der Waals surface area contributed by atoms with Crippen LogP contribution in [0.1, 0.15) is 26.3 Å². The number of morpholine rings is 1. The number of hydrogen-bond donors (Lipinski definition) is 1. The van der Waals surface area contributed by atoms with Crippen LogP contribution in [0.4, 0.5) is 5.69 Å². The topological polar surface area (TPSA) is 33.7 Å². The van der Waals surface area contributed by atoms with Gasteiger partial charge < -0.3 is 14.8 Å². The van der Waals surface area contributed by atoms with Crippen molar-refractivity contribution in [3.05, 3.63) is 29.8 Å². The van der Waals surface area contributed by atoms with Crippen LogP contribution < -0.4 is 5.32 Å². The summed E-state index contributed by atoms with van der Waals surface area (Å²) in [7, 11) is 1.73. The molecule has 0 aromatic heterocycles. The van der Waals surface area contributed by atoms with E-state index in [0.717, 1.165) is 25.3 Å². The van der Waals surface area contributed by atoms with Gasteiger partial charge in [0.15, 0.2) is 0 Å². The molecule has 0 bridgehead atoms. The van der Waals surface area contributed by atoms with Crippen molar-refractivity contribution in [2.75, 3.05) is 32.1 Å². The monoisotopic (exact) mass is 292 g/mol. The highest BCUT2D eigenvalue weighted by atomic mass is 16.5. The van der Waals surface area contributed by atoms with Crippen LogP contribution in [-0.4, -0.2) is 50.0 Å². The molecule has 1 saturated heterocycles. The van der Waals surface area contributed by atoms with Gasteiger partial charge in [-0.25, -0.2) is 0 Å². The molecule has 1 aromatic carbocycles. The maximum absolute atomic E-state index is 5.79. The lowest BCUT2D eigenvalue weighted by molar-refractivity contribution is -0.0704. The molecule has 0 aliphatic carbocycles. The molecule has 1 heterocycles. The highest BCUT2D eigenvalue weighted by Gasteiger charge is 2.22. The lowest BCUT2D eigenvalue weighted by Gasteiger charge is -2.35. The molecule has 4 heteroatoms. The van der Waals surface area contributed by atoms with Gasteiger partial charge in [0.25, 0.3) is 0 Å². The quantitative estimate of drug-likeness (QED) is 0.874. The minimum atomic E-state index is 0.314. The van der Waals surface area contributed by atoms with Crippen molar-refractivity contribution in [2.45, 2.75) is 45.6 Å². The van der Waals surface area contributed by atoms with Crippen LogP contribution in [0.15, 0.2) is 24.3 Å². The second-order valence-electron chi connectivity index (χ2n) is 6.15. The molecule has 1 aromatic rings. The Morgan fingerprint density at radius 3 is 2.71 bits per heavy atom. The van der Waals surface area contributed by atoms with Crippen molar-refractivity contribution >= 4 is 5.69 Å². The zero-order valence-corrected chi connectivity index (χ0v) is 13.6. The Labute approximate surface area is 128 Å². The largest absolute Gasteiger partial charge is 0.383 e. The fourth-order valence-electron chi connectivity index (χ4n) is 3.01. The van der Waals surface area contributed by atoms with Crippen molar-refractivity contribution < 1.29 is 9.47 Å². The third kappa shape index (κ3) is 5.30. The van der Waals surface area contributed by atoms with E-state index < -0.39 is 0 Å². The average Bonchev–Trinajstić information content (AvgIpc) is 2.37. The minimum absolute atomic E-state index is 0.314. The molecule has 0 saturated carbocycles. The highest BCUT2D eigenvalue weighted by molar-refractivity contribution is 5.46. The van der Waals surface area contributed by atoms with E-state index in [1.54, 1.807) is 7.11 Å². The summed E-state index contributed by atoms with van der Waals surface area (Å²) in [5, 5.41) is 3.47. The van der Waals surface area contributed by atoms with Gasteiger partial charge in [0.1, 0.15) is 0 Å². The molecular weight excluding hydrogens is 264 g/mol. The molecule has 0 amide bonds. The number of methoxy groups -OCH3 is 1. The van der Waals surface area contributed by atoms with E-state index in [2.05, 4.69) is 55.3 Å². The molecule has 0 spiro atoms. The first-order chi connectivity index (χ1) is 10.1. The molecule has 0 radical (unpaired) electrons. The summed E-state index contributed by atoms with van der Waals surface area (Å²) in [6.07, 6.45) is 0.633. The summed E-state index contributed by atoms with van der Waals surface area (Å²) >= 11 is 0. The van der Waals surface area contributed by atoms with Crippen molar-refractivity contribution in [1.29, 1.82) is 0 Å². The zero-order chi connectivity index (χ0) is 15.2. The van der Waals surface area contributed by atoms with Gasteiger partial charge >= 0.3 is 0 Å². The highest BCUT2D eigenvalue weighted by Crippen LogP contribution is 2.17. The molecule has 2 rings (SSSR count). The number of nitrogens with one attached hydrogen (secondary N) is 1. The first-order valence-electron chi connectivity index (χ1n) is 7.79. The van der Waals surface area contributed by atoms with Gasteiger partial charge in [-0.3, -0.25) is 4.90 Å². The number of ether oxygens (including phenoxy) is 2. The summed E-state index contributed by atoms with van der Waals surface area (Å²) in [6.45, 7) is 10.1. The van der Waals surface area contributed by atoms with E-state index in [1.165, 1.54) is 5.56 Å². The maximum atomic E-state index is 5.79. The lowest BCUT2D eigenvalue weighted by atomic mass is 10.1. The third-order valence-electron chi connectivity index (χ3n) is 3.66. The summed E-state index contributed by atoms with van der Waals surface area (Å²) in [4.78, 5) is 2.47. The Hall–Kier alpha value is -1.10. The zero-order valence-electron chi connectivity index (χ0n) is 13.6. The standard InChI is InChI=1S/C17H28N2O2/c1-13(12-20-4)18-17-7-5-6-16(8-17)11-19-9-14(2)21-15(3)10-19/h5-8,13-15,18H,9-12H2,1-4H3/t13-,14-,15-/m0/s1. The molecule has 1 fully saturated rings. The Balaban J connectivity index is 1.94. The van der Waals surface area contributed by atoms with Gasteiger partial charge in [-0.1, -0.05) is 12.1 Å². The Kier molecular flexibility index (Phi) is 6.03. The van der Waals surface area contributed by atoms with Gasteiger partial charge in [-0.2, -0.15) is 0 Å². The van der Waals surface area contributed by atoms with Crippen molar-refractivity contribution in [3.8, 4) is 0 Å². The number of benzene rings is 1. The number of nitrogens with zero attached hydrogens (tertiary/aromatic N) is 1. The summed E-state index contributed by atoms with van der Waals surface area (Å²) in [6, 6.07) is 8.97. The lowest BCUT2D eigenvalue weighted by Crippen LogP contribution is -2.44. The Morgan fingerprint density at radius 1 is 1.33 bits per heavy atom. The molecule has 3 atom stereocenters. The molecular formula is C17H28N2O2. The van der Waals surface area contributed by atoms with E-state index in [9.17, 15) is 0 Å². The predicted octanol–water partition coefficient (Wildman–Crippen LogP) is 2.74. The van der Waals surface area contributed by atoms with Crippen molar-refractivity contribution in [1.82, 2.24) is 4.90 Å². The molecule has 1 aliphatic rings. The molecule has 21 heavy (non-hydrogen) atoms. The summed E-state index contributed by atoms with van der Waals surface area (Å²) in [5.41, 5.74) is 2.50. The van der Waals surface area contributed by atoms with Crippen LogP contribution in [0.5, 0.6) is 0 Å². The normalized spacial score (nSPS) is 24.8. The van der Waals surface area contributed by atoms with E-state index in [-0.39, 0.29) is 0 Å². The second-order valence-corrected chi connectivity index (χ2v) is 6.15. The fraction of sp³-hybridized carbons (Fsp3) is 0.647. The maximum Gasteiger partial charge on any atom is 0.0678 e. The Bertz CT molecular complexity index is 429.